The van der Waals surface area contributed by atoms with Gasteiger partial charge in [0.05, 0.1) is 22.1 Å². The summed E-state index contributed by atoms with van der Waals surface area (Å²) >= 11 is 0. The number of hydrogen-bond acceptors (Lipinski definition) is 5. The maximum absolute atomic E-state index is 12.1. The maximum atomic E-state index is 12.1. The Bertz CT molecular complexity index is 763. The predicted octanol–water partition coefficient (Wildman–Crippen LogP) is 1.12. The largest absolute Gasteiger partial charge is 0.273 e. The number of hydrogen-bond donors (Lipinski definition) is 1. The number of nitro groups is 1. The van der Waals surface area contributed by atoms with Crippen molar-refractivity contribution in [2.45, 2.75) is 18.4 Å². The van der Waals surface area contributed by atoms with E-state index in [4.69, 9.17) is 0 Å². The van der Waals surface area contributed by atoms with E-state index in [1.165, 1.54) is 18.2 Å². The molecule has 1 aromatic carbocycles. The average Bonchev–Trinajstić information content (AvgIpc) is 2.76. The molecule has 0 atom stereocenters. The van der Waals surface area contributed by atoms with Crippen LogP contribution in [-0.4, -0.2) is 23.1 Å². The lowest BCUT2D eigenvalue weighted by Gasteiger charge is -2.05. The lowest BCUT2D eigenvalue weighted by atomic mass is 10.3. The van der Waals surface area contributed by atoms with Crippen LogP contribution in [-0.2, 0) is 23.6 Å². The van der Waals surface area contributed by atoms with Crippen molar-refractivity contribution in [1.29, 1.82) is 0 Å². The zero-order chi connectivity index (χ0) is 15.6. The third-order valence-electron chi connectivity index (χ3n) is 2.95. The first-order chi connectivity index (χ1) is 9.79. The van der Waals surface area contributed by atoms with Gasteiger partial charge in [-0.05, 0) is 19.1 Å². The first kappa shape index (κ1) is 15.1. The number of nitrogens with one attached hydrogen (secondary N) is 1. The lowest BCUT2D eigenvalue weighted by molar-refractivity contribution is -0.385. The SMILES string of the molecule is Cc1cc(CNS(=O)(=O)c2cccc([N+](=O)[O-])c2)nn1C. The molecule has 0 aliphatic rings. The molecule has 0 aliphatic heterocycles. The fraction of sp³-hybridized carbons (Fsp3) is 0.250. The number of nitro benzene ring substituents is 1. The van der Waals surface area contributed by atoms with E-state index in [2.05, 4.69) is 9.82 Å². The second kappa shape index (κ2) is 5.62. The summed E-state index contributed by atoms with van der Waals surface area (Å²) in [7, 11) is -2.06. The highest BCUT2D eigenvalue weighted by Gasteiger charge is 2.17. The molecule has 0 bridgehead atoms. The molecule has 0 radical (unpaired) electrons. The van der Waals surface area contributed by atoms with Gasteiger partial charge in [-0.15, -0.1) is 0 Å². The van der Waals surface area contributed by atoms with E-state index in [-0.39, 0.29) is 17.1 Å². The molecule has 1 N–H and O–H groups in total. The van der Waals surface area contributed by atoms with Crippen LogP contribution in [0.4, 0.5) is 5.69 Å². The second-order valence-electron chi connectivity index (χ2n) is 4.48. The van der Waals surface area contributed by atoms with Crippen molar-refractivity contribution in [1.82, 2.24) is 14.5 Å². The second-order valence-corrected chi connectivity index (χ2v) is 6.25. The Balaban J connectivity index is 2.18. The van der Waals surface area contributed by atoms with E-state index in [9.17, 15) is 18.5 Å². The molecule has 0 saturated carbocycles. The summed E-state index contributed by atoms with van der Waals surface area (Å²) in [6, 6.07) is 6.65. The van der Waals surface area contributed by atoms with E-state index >= 15 is 0 Å². The van der Waals surface area contributed by atoms with Crippen molar-refractivity contribution in [3.63, 3.8) is 0 Å². The van der Waals surface area contributed by atoms with Gasteiger partial charge in [-0.3, -0.25) is 14.8 Å². The van der Waals surface area contributed by atoms with Gasteiger partial charge in [-0.2, -0.15) is 5.10 Å². The number of rotatable bonds is 5. The van der Waals surface area contributed by atoms with Crippen LogP contribution in [0, 0.1) is 17.0 Å². The molecule has 0 aliphatic carbocycles. The van der Waals surface area contributed by atoms with Gasteiger partial charge in [0.25, 0.3) is 5.69 Å². The van der Waals surface area contributed by atoms with E-state index in [1.54, 1.807) is 17.8 Å². The Morgan fingerprint density at radius 1 is 1.38 bits per heavy atom. The summed E-state index contributed by atoms with van der Waals surface area (Å²) in [6.45, 7) is 1.87. The maximum Gasteiger partial charge on any atom is 0.270 e. The normalized spacial score (nSPS) is 11.5. The molecule has 0 unspecified atom stereocenters. The van der Waals surface area contributed by atoms with E-state index < -0.39 is 14.9 Å². The molecule has 0 saturated heterocycles. The molecule has 0 fully saturated rings. The number of non-ortho nitro benzene ring substituents is 1. The molecule has 1 heterocycles. The van der Waals surface area contributed by atoms with E-state index in [0.29, 0.717) is 5.69 Å². The highest BCUT2D eigenvalue weighted by atomic mass is 32.2. The van der Waals surface area contributed by atoms with Gasteiger partial charge < -0.3 is 0 Å². The summed E-state index contributed by atoms with van der Waals surface area (Å²) in [5.74, 6) is 0. The molecule has 8 nitrogen and oxygen atoms in total. The summed E-state index contributed by atoms with van der Waals surface area (Å²) in [6.07, 6.45) is 0. The third-order valence-corrected chi connectivity index (χ3v) is 4.35. The molecule has 0 amide bonds. The zero-order valence-electron chi connectivity index (χ0n) is 11.5. The van der Waals surface area contributed by atoms with Crippen molar-refractivity contribution in [3.8, 4) is 0 Å². The van der Waals surface area contributed by atoms with Gasteiger partial charge >= 0.3 is 0 Å². The number of sulfonamides is 1. The molecule has 2 aromatic rings. The molecular weight excluding hydrogens is 296 g/mol. The fourth-order valence-corrected chi connectivity index (χ4v) is 2.78. The number of aryl methyl sites for hydroxylation is 2. The Kier molecular flexibility index (Phi) is 4.05. The van der Waals surface area contributed by atoms with E-state index in [1.807, 2.05) is 6.92 Å². The highest BCUT2D eigenvalue weighted by molar-refractivity contribution is 7.89. The minimum Gasteiger partial charge on any atom is -0.273 e. The van der Waals surface area contributed by atoms with Crippen molar-refractivity contribution < 1.29 is 13.3 Å². The molecular formula is C12H14N4O4S. The smallest absolute Gasteiger partial charge is 0.270 e. The molecule has 112 valence electrons. The van der Waals surface area contributed by atoms with Gasteiger partial charge in [0, 0.05) is 24.9 Å². The number of aromatic nitrogens is 2. The van der Waals surface area contributed by atoms with Crippen molar-refractivity contribution in [3.05, 3.63) is 51.8 Å². The zero-order valence-corrected chi connectivity index (χ0v) is 12.3. The van der Waals surface area contributed by atoms with Gasteiger partial charge in [-0.25, -0.2) is 13.1 Å². The quantitative estimate of drug-likeness (QED) is 0.657. The minimum atomic E-state index is -3.82. The average molecular weight is 310 g/mol. The molecule has 2 rings (SSSR count). The first-order valence-electron chi connectivity index (χ1n) is 6.03. The van der Waals surface area contributed by atoms with E-state index in [0.717, 1.165) is 11.8 Å². The van der Waals surface area contributed by atoms with Gasteiger partial charge in [-0.1, -0.05) is 6.07 Å². The third kappa shape index (κ3) is 3.44. The summed E-state index contributed by atoms with van der Waals surface area (Å²) in [5.41, 5.74) is 1.20. The molecule has 1 aromatic heterocycles. The Morgan fingerprint density at radius 3 is 2.67 bits per heavy atom. The lowest BCUT2D eigenvalue weighted by Crippen LogP contribution is -2.23. The summed E-state index contributed by atoms with van der Waals surface area (Å²) in [5, 5.41) is 14.8. The van der Waals surface area contributed by atoms with Crippen LogP contribution in [0.15, 0.2) is 35.2 Å². The molecule has 21 heavy (non-hydrogen) atoms. The van der Waals surface area contributed by atoms with Gasteiger partial charge in [0.2, 0.25) is 10.0 Å². The Labute approximate surface area is 121 Å². The molecule has 0 spiro atoms. The first-order valence-corrected chi connectivity index (χ1v) is 7.51. The summed E-state index contributed by atoms with van der Waals surface area (Å²) in [4.78, 5) is 9.89. The predicted molar refractivity (Wildman–Crippen MR) is 75.1 cm³/mol. The summed E-state index contributed by atoms with van der Waals surface area (Å²) < 4.78 is 28.2. The highest BCUT2D eigenvalue weighted by Crippen LogP contribution is 2.17. The number of nitrogens with zero attached hydrogens (tertiary/aromatic N) is 3. The number of benzene rings is 1. The monoisotopic (exact) mass is 310 g/mol. The van der Waals surface area contributed by atoms with Crippen molar-refractivity contribution in [2.24, 2.45) is 7.05 Å². The standard InChI is InChI=1S/C12H14N4O4S/c1-9-6-10(14-15(9)2)8-13-21(19,20)12-5-3-4-11(7-12)16(17)18/h3-7,13H,8H2,1-2H3. The topological polar surface area (TPSA) is 107 Å². The minimum absolute atomic E-state index is 0.0205. The van der Waals surface area contributed by atoms with Crippen LogP contribution in [0.5, 0.6) is 0 Å². The Hall–Kier alpha value is -2.26. The van der Waals surface area contributed by atoms with Gasteiger partial charge in [0.15, 0.2) is 0 Å². The molecule has 9 heteroatoms. The fourth-order valence-electron chi connectivity index (χ4n) is 1.74. The van der Waals surface area contributed by atoms with Crippen LogP contribution in [0.1, 0.15) is 11.4 Å². The van der Waals surface area contributed by atoms with Crippen LogP contribution in [0.2, 0.25) is 0 Å². The van der Waals surface area contributed by atoms with Crippen molar-refractivity contribution >= 4 is 15.7 Å². The Morgan fingerprint density at radius 2 is 2.10 bits per heavy atom. The van der Waals surface area contributed by atoms with Crippen LogP contribution in [0.25, 0.3) is 0 Å². The van der Waals surface area contributed by atoms with Crippen molar-refractivity contribution in [2.75, 3.05) is 0 Å². The van der Waals surface area contributed by atoms with Crippen LogP contribution in [0.3, 0.4) is 0 Å². The van der Waals surface area contributed by atoms with Gasteiger partial charge in [0.1, 0.15) is 0 Å². The van der Waals surface area contributed by atoms with Crippen LogP contribution < -0.4 is 4.72 Å². The van der Waals surface area contributed by atoms with Crippen LogP contribution >= 0.6 is 0 Å².